The van der Waals surface area contributed by atoms with Crippen LogP contribution < -0.4 is 5.32 Å². The van der Waals surface area contributed by atoms with E-state index in [0.717, 1.165) is 5.56 Å². The van der Waals surface area contributed by atoms with E-state index in [2.05, 4.69) is 31.1 Å². The molecule has 3 aliphatic rings. The van der Waals surface area contributed by atoms with Crippen LogP contribution in [0.2, 0.25) is 0 Å². The lowest BCUT2D eigenvalue weighted by Crippen LogP contribution is -2.49. The zero-order valence-electron chi connectivity index (χ0n) is 22.9. The van der Waals surface area contributed by atoms with Gasteiger partial charge in [0, 0.05) is 24.5 Å². The summed E-state index contributed by atoms with van der Waals surface area (Å²) >= 11 is 0. The van der Waals surface area contributed by atoms with Crippen molar-refractivity contribution in [3.05, 3.63) is 77.5 Å². The van der Waals surface area contributed by atoms with Gasteiger partial charge in [0.25, 0.3) is 11.8 Å². The first-order valence-corrected chi connectivity index (χ1v) is 13.6. The van der Waals surface area contributed by atoms with Gasteiger partial charge in [-0.15, -0.1) is 0 Å². The Labute approximate surface area is 233 Å². The van der Waals surface area contributed by atoms with Crippen molar-refractivity contribution in [2.45, 2.75) is 57.2 Å². The molecule has 0 radical (unpaired) electrons. The van der Waals surface area contributed by atoms with Crippen LogP contribution in [0.1, 0.15) is 61.1 Å². The SMILES string of the molecule is CC(C)(C)c1ccc(C(=O)NC(C(=O)N2CC[C@@H]3[C@H]2C(=O)CN3C(=O)C2C=CN=CC2)c2ccc(O)cc2)cc1. The van der Waals surface area contributed by atoms with Crippen LogP contribution in [0.15, 0.2) is 65.8 Å². The molecule has 4 atom stereocenters. The van der Waals surface area contributed by atoms with E-state index in [1.807, 2.05) is 12.1 Å². The number of phenolic OH excluding ortho intramolecular Hbond substituents is 1. The Kier molecular flexibility index (Phi) is 7.31. The first-order valence-electron chi connectivity index (χ1n) is 13.6. The Morgan fingerprint density at radius 1 is 1.02 bits per heavy atom. The van der Waals surface area contributed by atoms with Crippen LogP contribution in [0.5, 0.6) is 5.75 Å². The molecule has 2 N–H and O–H groups in total. The number of Topliss-reactive ketones (excluding diaryl/α,β-unsaturated/α-hetero) is 1. The molecule has 5 rings (SSSR count). The monoisotopic (exact) mass is 542 g/mol. The number of phenols is 1. The summed E-state index contributed by atoms with van der Waals surface area (Å²) in [4.78, 5) is 60.8. The fourth-order valence-corrected chi connectivity index (χ4v) is 5.68. The van der Waals surface area contributed by atoms with Gasteiger partial charge in [0.1, 0.15) is 17.8 Å². The molecule has 0 aliphatic carbocycles. The van der Waals surface area contributed by atoms with E-state index in [-0.39, 0.29) is 41.9 Å². The summed E-state index contributed by atoms with van der Waals surface area (Å²) in [5, 5.41) is 12.7. The summed E-state index contributed by atoms with van der Waals surface area (Å²) in [5.41, 5.74) is 1.89. The smallest absolute Gasteiger partial charge is 0.252 e. The highest BCUT2D eigenvalue weighted by atomic mass is 16.3. The van der Waals surface area contributed by atoms with Crippen molar-refractivity contribution in [1.29, 1.82) is 0 Å². The van der Waals surface area contributed by atoms with Crippen LogP contribution >= 0.6 is 0 Å². The van der Waals surface area contributed by atoms with E-state index in [0.29, 0.717) is 24.0 Å². The van der Waals surface area contributed by atoms with E-state index in [1.54, 1.807) is 47.7 Å². The van der Waals surface area contributed by atoms with Gasteiger partial charge in [-0.25, -0.2) is 0 Å². The Morgan fingerprint density at radius 2 is 1.73 bits per heavy atom. The maximum atomic E-state index is 14.0. The summed E-state index contributed by atoms with van der Waals surface area (Å²) in [5.74, 6) is -1.52. The van der Waals surface area contributed by atoms with Gasteiger partial charge >= 0.3 is 0 Å². The summed E-state index contributed by atoms with van der Waals surface area (Å²) in [6.45, 7) is 6.50. The van der Waals surface area contributed by atoms with Crippen molar-refractivity contribution >= 4 is 29.7 Å². The number of benzene rings is 2. The van der Waals surface area contributed by atoms with Gasteiger partial charge in [-0.1, -0.05) is 51.1 Å². The fraction of sp³-hybridized carbons (Fsp3) is 0.387. The number of aromatic hydroxyl groups is 1. The number of hydrogen-bond acceptors (Lipinski definition) is 6. The number of ketones is 1. The topological polar surface area (TPSA) is 119 Å². The van der Waals surface area contributed by atoms with Crippen LogP contribution in [0.3, 0.4) is 0 Å². The minimum Gasteiger partial charge on any atom is -0.508 e. The lowest BCUT2D eigenvalue weighted by atomic mass is 9.86. The molecule has 2 fully saturated rings. The Balaban J connectivity index is 1.38. The molecule has 2 aromatic rings. The molecule has 2 saturated heterocycles. The first-order chi connectivity index (χ1) is 19.0. The molecule has 9 heteroatoms. The van der Waals surface area contributed by atoms with Gasteiger partial charge in [0.05, 0.1) is 18.5 Å². The van der Waals surface area contributed by atoms with Crippen molar-refractivity contribution in [3.63, 3.8) is 0 Å². The molecule has 0 saturated carbocycles. The number of fused-ring (bicyclic) bond motifs is 1. The third-order valence-electron chi connectivity index (χ3n) is 7.94. The minimum absolute atomic E-state index is 0.0298. The van der Waals surface area contributed by atoms with Crippen LogP contribution in [-0.4, -0.2) is 69.8 Å². The summed E-state index contributed by atoms with van der Waals surface area (Å²) in [6, 6.07) is 11.1. The number of hydrogen-bond donors (Lipinski definition) is 2. The fourth-order valence-electron chi connectivity index (χ4n) is 5.68. The Morgan fingerprint density at radius 3 is 2.35 bits per heavy atom. The second-order valence-corrected chi connectivity index (χ2v) is 11.6. The number of likely N-dealkylation sites (tertiary alicyclic amines) is 2. The molecule has 2 aromatic carbocycles. The summed E-state index contributed by atoms with van der Waals surface area (Å²) in [6.07, 6.45) is 5.97. The summed E-state index contributed by atoms with van der Waals surface area (Å²) < 4.78 is 0. The van der Waals surface area contributed by atoms with Gasteiger partial charge in [0.2, 0.25) is 5.91 Å². The molecule has 3 amide bonds. The van der Waals surface area contributed by atoms with Gasteiger partial charge in [-0.05, 0) is 53.6 Å². The molecule has 0 spiro atoms. The summed E-state index contributed by atoms with van der Waals surface area (Å²) in [7, 11) is 0. The number of amides is 3. The second kappa shape index (κ2) is 10.7. The average molecular weight is 543 g/mol. The van der Waals surface area contributed by atoms with E-state index < -0.39 is 29.9 Å². The Bertz CT molecular complexity index is 1370. The molecule has 3 aliphatic heterocycles. The Hall–Kier alpha value is -4.27. The predicted molar refractivity (Wildman–Crippen MR) is 150 cm³/mol. The molecule has 2 unspecified atom stereocenters. The lowest BCUT2D eigenvalue weighted by molar-refractivity contribution is -0.138. The standard InChI is InChI=1S/C31H34N4O5/c1-31(2,3)22-8-4-20(5-9-22)28(38)33-26(19-6-10-23(36)11-7-19)30(40)34-17-14-24-27(34)25(37)18-35(24)29(39)21-12-15-32-16-13-21/h4-12,15-16,21,24,26-27,36H,13-14,17-18H2,1-3H3,(H,33,38)/t21?,24-,26?,27+/m1/s1. The van der Waals surface area contributed by atoms with Crippen LogP contribution in [0.25, 0.3) is 0 Å². The molecule has 208 valence electrons. The molecule has 9 nitrogen and oxygen atoms in total. The number of nitrogens with one attached hydrogen (secondary N) is 1. The number of aliphatic imine (C=N–C) groups is 1. The maximum absolute atomic E-state index is 14.0. The number of rotatable bonds is 5. The van der Waals surface area contributed by atoms with Gasteiger partial charge in [0.15, 0.2) is 5.78 Å². The first kappa shape index (κ1) is 27.3. The highest BCUT2D eigenvalue weighted by Gasteiger charge is 2.52. The zero-order chi connectivity index (χ0) is 28.6. The normalized spacial score (nSPS) is 22.8. The predicted octanol–water partition coefficient (Wildman–Crippen LogP) is 3.15. The highest BCUT2D eigenvalue weighted by molar-refractivity contribution is 6.01. The van der Waals surface area contributed by atoms with Crippen molar-refractivity contribution in [1.82, 2.24) is 15.1 Å². The van der Waals surface area contributed by atoms with E-state index in [4.69, 9.17) is 0 Å². The number of nitrogens with zero attached hydrogens (tertiary/aromatic N) is 3. The van der Waals surface area contributed by atoms with E-state index in [1.165, 1.54) is 17.0 Å². The molecular formula is C31H34N4O5. The number of carbonyl (C=O) groups is 4. The minimum atomic E-state index is -1.08. The molecule has 3 heterocycles. The van der Waals surface area contributed by atoms with Crippen molar-refractivity contribution < 1.29 is 24.3 Å². The number of carbonyl (C=O) groups excluding carboxylic acids is 4. The largest absolute Gasteiger partial charge is 0.508 e. The third-order valence-corrected chi connectivity index (χ3v) is 7.94. The van der Waals surface area contributed by atoms with Gasteiger partial charge in [-0.2, -0.15) is 0 Å². The quantitative estimate of drug-likeness (QED) is 0.602. The highest BCUT2D eigenvalue weighted by Crippen LogP contribution is 2.34. The molecule has 0 aromatic heterocycles. The van der Waals surface area contributed by atoms with E-state index in [9.17, 15) is 24.3 Å². The van der Waals surface area contributed by atoms with Crippen molar-refractivity contribution in [3.8, 4) is 5.75 Å². The van der Waals surface area contributed by atoms with Gasteiger partial charge in [-0.3, -0.25) is 24.2 Å². The zero-order valence-corrected chi connectivity index (χ0v) is 22.9. The van der Waals surface area contributed by atoms with Crippen molar-refractivity contribution in [2.24, 2.45) is 10.9 Å². The molecule has 0 bridgehead atoms. The van der Waals surface area contributed by atoms with Crippen LogP contribution in [0.4, 0.5) is 0 Å². The van der Waals surface area contributed by atoms with Gasteiger partial charge < -0.3 is 20.2 Å². The third kappa shape index (κ3) is 5.28. The van der Waals surface area contributed by atoms with E-state index >= 15 is 0 Å². The lowest BCUT2D eigenvalue weighted by Gasteiger charge is -2.29. The van der Waals surface area contributed by atoms with Crippen LogP contribution in [-0.2, 0) is 19.8 Å². The second-order valence-electron chi connectivity index (χ2n) is 11.6. The van der Waals surface area contributed by atoms with Crippen LogP contribution in [0, 0.1) is 5.92 Å². The maximum Gasteiger partial charge on any atom is 0.252 e. The average Bonchev–Trinajstić information content (AvgIpc) is 3.53. The molecular weight excluding hydrogens is 508 g/mol. The van der Waals surface area contributed by atoms with Crippen molar-refractivity contribution in [2.75, 3.05) is 13.1 Å². The molecule has 40 heavy (non-hydrogen) atoms.